The van der Waals surface area contributed by atoms with Crippen molar-refractivity contribution in [3.63, 3.8) is 0 Å². The highest BCUT2D eigenvalue weighted by Crippen LogP contribution is 2.11. The van der Waals surface area contributed by atoms with E-state index in [1.54, 1.807) is 31.3 Å². The molecule has 0 bridgehead atoms. The van der Waals surface area contributed by atoms with Gasteiger partial charge in [0.05, 0.1) is 0 Å². The summed E-state index contributed by atoms with van der Waals surface area (Å²) in [5.41, 5.74) is 0.679. The molecule has 19 heavy (non-hydrogen) atoms. The minimum atomic E-state index is -0.574. The number of amides is 2. The lowest BCUT2D eigenvalue weighted by Gasteiger charge is -2.22. The van der Waals surface area contributed by atoms with Crippen LogP contribution in [0.3, 0.4) is 0 Å². The Morgan fingerprint density at radius 1 is 1.05 bits per heavy atom. The number of hydrogen-bond donors (Lipinski definition) is 0. The molecule has 1 rings (SSSR count). The Balaban J connectivity index is 2.83. The molecule has 0 radical (unpaired) electrons. The highest BCUT2D eigenvalue weighted by molar-refractivity contribution is 6.40. The van der Waals surface area contributed by atoms with E-state index in [0.717, 1.165) is 0 Å². The molecule has 0 aliphatic rings. The number of para-hydroxylation sites is 1. The smallest absolute Gasteiger partial charge is 0.316 e. The van der Waals surface area contributed by atoms with Gasteiger partial charge in [0.15, 0.2) is 0 Å². The van der Waals surface area contributed by atoms with Crippen LogP contribution in [0.1, 0.15) is 0 Å². The van der Waals surface area contributed by atoms with Gasteiger partial charge in [-0.15, -0.1) is 13.2 Å². The van der Waals surface area contributed by atoms with Crippen molar-refractivity contribution >= 4 is 17.5 Å². The van der Waals surface area contributed by atoms with E-state index in [-0.39, 0.29) is 0 Å². The van der Waals surface area contributed by atoms with Gasteiger partial charge >= 0.3 is 11.8 Å². The molecule has 0 aromatic heterocycles. The molecule has 0 saturated heterocycles. The molecule has 0 aliphatic carbocycles. The molecule has 4 heteroatoms. The van der Waals surface area contributed by atoms with Crippen LogP contribution in [-0.4, -0.2) is 36.9 Å². The number of nitrogens with zero attached hydrogens (tertiary/aromatic N) is 2. The molecular weight excluding hydrogens is 240 g/mol. The van der Waals surface area contributed by atoms with Gasteiger partial charge in [0.1, 0.15) is 0 Å². The zero-order valence-corrected chi connectivity index (χ0v) is 11.1. The standard InChI is InChI=1S/C15H18N2O2/c1-4-11-17(12-5-2)15(19)14(18)16(3)13-9-7-6-8-10-13/h4-10H,1-2,11-12H2,3H3. The quantitative estimate of drug-likeness (QED) is 0.597. The first-order valence-corrected chi connectivity index (χ1v) is 5.95. The van der Waals surface area contributed by atoms with Gasteiger partial charge in [-0.3, -0.25) is 9.59 Å². The first kappa shape index (κ1) is 14.7. The van der Waals surface area contributed by atoms with Crippen molar-refractivity contribution in [3.8, 4) is 0 Å². The monoisotopic (exact) mass is 258 g/mol. The van der Waals surface area contributed by atoms with Crippen LogP contribution < -0.4 is 4.90 Å². The van der Waals surface area contributed by atoms with E-state index in [9.17, 15) is 9.59 Å². The lowest BCUT2D eigenvalue weighted by molar-refractivity contribution is -0.143. The van der Waals surface area contributed by atoms with Crippen LogP contribution in [0, 0.1) is 0 Å². The number of hydrogen-bond acceptors (Lipinski definition) is 2. The summed E-state index contributed by atoms with van der Waals surface area (Å²) >= 11 is 0. The Kier molecular flexibility index (Phi) is 5.54. The summed E-state index contributed by atoms with van der Waals surface area (Å²) in [7, 11) is 1.58. The molecule has 0 unspecified atom stereocenters. The van der Waals surface area contributed by atoms with E-state index in [2.05, 4.69) is 13.2 Å². The van der Waals surface area contributed by atoms with E-state index in [1.165, 1.54) is 9.80 Å². The molecule has 0 heterocycles. The van der Waals surface area contributed by atoms with Crippen molar-refractivity contribution in [2.45, 2.75) is 0 Å². The van der Waals surface area contributed by atoms with Crippen molar-refractivity contribution in [3.05, 3.63) is 55.6 Å². The van der Waals surface area contributed by atoms with E-state index in [1.807, 2.05) is 18.2 Å². The zero-order chi connectivity index (χ0) is 14.3. The van der Waals surface area contributed by atoms with Gasteiger partial charge in [0.2, 0.25) is 0 Å². The Morgan fingerprint density at radius 2 is 1.58 bits per heavy atom. The summed E-state index contributed by atoms with van der Waals surface area (Å²) in [5, 5.41) is 0. The van der Waals surface area contributed by atoms with Crippen LogP contribution in [0.5, 0.6) is 0 Å². The van der Waals surface area contributed by atoms with E-state index in [4.69, 9.17) is 0 Å². The average molecular weight is 258 g/mol. The highest BCUT2D eigenvalue weighted by atomic mass is 16.2. The number of anilines is 1. The molecule has 100 valence electrons. The number of rotatable bonds is 5. The number of carbonyl (C=O) groups is 2. The Labute approximate surface area is 113 Å². The second-order valence-corrected chi connectivity index (χ2v) is 3.99. The fourth-order valence-corrected chi connectivity index (χ4v) is 1.60. The molecule has 0 atom stereocenters. The van der Waals surface area contributed by atoms with Crippen LogP contribution >= 0.6 is 0 Å². The van der Waals surface area contributed by atoms with E-state index < -0.39 is 11.8 Å². The summed E-state index contributed by atoms with van der Waals surface area (Å²) in [6.07, 6.45) is 3.16. The number of carbonyl (C=O) groups excluding carboxylic acids is 2. The van der Waals surface area contributed by atoms with E-state index >= 15 is 0 Å². The van der Waals surface area contributed by atoms with Crippen molar-refractivity contribution in [2.24, 2.45) is 0 Å². The topological polar surface area (TPSA) is 40.6 Å². The second kappa shape index (κ2) is 7.16. The molecule has 0 N–H and O–H groups in total. The van der Waals surface area contributed by atoms with E-state index in [0.29, 0.717) is 18.8 Å². The van der Waals surface area contributed by atoms with Gasteiger partial charge in [-0.2, -0.15) is 0 Å². The molecule has 0 spiro atoms. The van der Waals surface area contributed by atoms with Crippen molar-refractivity contribution in [2.75, 3.05) is 25.0 Å². The van der Waals surface area contributed by atoms with Crippen LogP contribution in [-0.2, 0) is 9.59 Å². The summed E-state index contributed by atoms with van der Waals surface area (Å²) in [4.78, 5) is 26.9. The summed E-state index contributed by atoms with van der Waals surface area (Å²) in [5.74, 6) is -1.14. The normalized spacial score (nSPS) is 9.53. The molecular formula is C15H18N2O2. The number of benzene rings is 1. The summed E-state index contributed by atoms with van der Waals surface area (Å²) in [6, 6.07) is 9.03. The Morgan fingerprint density at radius 3 is 2.05 bits per heavy atom. The van der Waals surface area contributed by atoms with Crippen LogP contribution in [0.4, 0.5) is 5.69 Å². The first-order chi connectivity index (χ1) is 9.11. The van der Waals surface area contributed by atoms with Gasteiger partial charge in [-0.1, -0.05) is 30.4 Å². The Bertz CT molecular complexity index is 458. The maximum atomic E-state index is 12.1. The minimum absolute atomic E-state index is 0.319. The van der Waals surface area contributed by atoms with Crippen LogP contribution in [0.15, 0.2) is 55.6 Å². The fourth-order valence-electron chi connectivity index (χ4n) is 1.60. The van der Waals surface area contributed by atoms with Gasteiger partial charge in [-0.25, -0.2) is 0 Å². The maximum absolute atomic E-state index is 12.1. The van der Waals surface area contributed by atoms with Gasteiger partial charge < -0.3 is 9.80 Å². The third-order valence-electron chi connectivity index (χ3n) is 2.62. The molecule has 0 saturated carbocycles. The fraction of sp³-hybridized carbons (Fsp3) is 0.200. The maximum Gasteiger partial charge on any atom is 0.316 e. The lowest BCUT2D eigenvalue weighted by atomic mass is 10.3. The highest BCUT2D eigenvalue weighted by Gasteiger charge is 2.24. The van der Waals surface area contributed by atoms with Crippen molar-refractivity contribution in [1.82, 2.24) is 4.90 Å². The van der Waals surface area contributed by atoms with Gasteiger partial charge in [0.25, 0.3) is 0 Å². The van der Waals surface area contributed by atoms with Crippen LogP contribution in [0.25, 0.3) is 0 Å². The average Bonchev–Trinajstić information content (AvgIpc) is 2.45. The lowest BCUT2D eigenvalue weighted by Crippen LogP contribution is -2.44. The largest absolute Gasteiger partial charge is 0.327 e. The van der Waals surface area contributed by atoms with Crippen molar-refractivity contribution < 1.29 is 9.59 Å². The third-order valence-corrected chi connectivity index (χ3v) is 2.62. The number of likely N-dealkylation sites (N-methyl/N-ethyl adjacent to an activating group) is 1. The second-order valence-electron chi connectivity index (χ2n) is 3.99. The molecule has 0 fully saturated rings. The summed E-state index contributed by atoms with van der Waals surface area (Å²) in [6.45, 7) is 7.79. The zero-order valence-electron chi connectivity index (χ0n) is 11.1. The predicted molar refractivity (Wildman–Crippen MR) is 76.8 cm³/mol. The molecule has 1 aromatic carbocycles. The van der Waals surface area contributed by atoms with Crippen LogP contribution in [0.2, 0.25) is 0 Å². The molecule has 2 amide bonds. The van der Waals surface area contributed by atoms with Crippen molar-refractivity contribution in [1.29, 1.82) is 0 Å². The van der Waals surface area contributed by atoms with Gasteiger partial charge in [0, 0.05) is 25.8 Å². The Hall–Kier alpha value is -2.36. The minimum Gasteiger partial charge on any atom is -0.327 e. The third kappa shape index (κ3) is 3.81. The SMILES string of the molecule is C=CCN(CC=C)C(=O)C(=O)N(C)c1ccccc1. The molecule has 1 aromatic rings. The molecule has 0 aliphatic heterocycles. The summed E-state index contributed by atoms with van der Waals surface area (Å²) < 4.78 is 0. The van der Waals surface area contributed by atoms with Gasteiger partial charge in [-0.05, 0) is 12.1 Å². The molecule has 4 nitrogen and oxygen atoms in total. The predicted octanol–water partition coefficient (Wildman–Crippen LogP) is 1.85. The first-order valence-electron chi connectivity index (χ1n) is 5.95.